The van der Waals surface area contributed by atoms with E-state index in [1.165, 1.54) is 0 Å². The quantitative estimate of drug-likeness (QED) is 0.176. The van der Waals surface area contributed by atoms with E-state index < -0.39 is 0 Å². The summed E-state index contributed by atoms with van der Waals surface area (Å²) >= 11 is 0. The van der Waals surface area contributed by atoms with Crippen LogP contribution in [0.25, 0.3) is 117 Å². The molecule has 0 atom stereocenters. The average Bonchev–Trinajstić information content (AvgIpc) is 3.96. The van der Waals surface area contributed by atoms with Gasteiger partial charge in [0.15, 0.2) is 11.6 Å². The lowest BCUT2D eigenvalue weighted by molar-refractivity contribution is 0.669. The van der Waals surface area contributed by atoms with Gasteiger partial charge in [0, 0.05) is 43.4 Å². The molecule has 8 aromatic carbocycles. The molecule has 0 aliphatic heterocycles. The highest BCUT2D eigenvalue weighted by atomic mass is 16.3. The molecule has 4 aromatic heterocycles. The van der Waals surface area contributed by atoms with Crippen molar-refractivity contribution in [2.45, 2.75) is 0 Å². The highest BCUT2D eigenvalue weighted by Gasteiger charge is 2.23. The molecule has 266 valence electrons. The van der Waals surface area contributed by atoms with Crippen LogP contribution in [-0.2, 0) is 0 Å². The summed E-state index contributed by atoms with van der Waals surface area (Å²) in [6.07, 6.45) is 0. The van der Waals surface area contributed by atoms with Crippen molar-refractivity contribution in [1.29, 1.82) is 0 Å². The normalized spacial score (nSPS) is 11.9. The third-order valence-electron chi connectivity index (χ3n) is 11.1. The van der Waals surface area contributed by atoms with E-state index >= 15 is 0 Å². The van der Waals surface area contributed by atoms with Gasteiger partial charge in [0.05, 0.1) is 11.0 Å². The summed E-state index contributed by atoms with van der Waals surface area (Å²) in [6, 6.07) is 62.6. The molecule has 0 N–H and O–H groups in total. The zero-order valence-corrected chi connectivity index (χ0v) is 30.4. The highest BCUT2D eigenvalue weighted by Crippen LogP contribution is 2.43. The predicted molar refractivity (Wildman–Crippen MR) is 230 cm³/mol. The molecule has 0 radical (unpaired) electrons. The second kappa shape index (κ2) is 12.3. The Bertz CT molecular complexity index is 3510. The van der Waals surface area contributed by atoms with Crippen LogP contribution in [0.1, 0.15) is 0 Å². The number of hydrogen-bond donors (Lipinski definition) is 0. The molecule has 0 saturated heterocycles. The lowest BCUT2D eigenvalue weighted by atomic mass is 9.99. The van der Waals surface area contributed by atoms with Crippen molar-refractivity contribution in [3.63, 3.8) is 0 Å². The third kappa shape index (κ3) is 4.94. The number of rotatable bonds is 5. The van der Waals surface area contributed by atoms with Gasteiger partial charge in [-0.2, -0.15) is 9.97 Å². The molecule has 0 aliphatic rings. The molecule has 6 heteroatoms. The maximum Gasteiger partial charge on any atom is 0.238 e. The van der Waals surface area contributed by atoms with E-state index in [-0.39, 0.29) is 0 Å². The van der Waals surface area contributed by atoms with Crippen LogP contribution in [-0.4, -0.2) is 19.5 Å². The second-order valence-electron chi connectivity index (χ2n) is 14.4. The number of para-hydroxylation sites is 1. The van der Waals surface area contributed by atoms with Crippen LogP contribution >= 0.6 is 0 Å². The summed E-state index contributed by atoms with van der Waals surface area (Å²) in [5.41, 5.74) is 11.5. The Morgan fingerprint density at radius 3 is 1.75 bits per heavy atom. The molecule has 0 unspecified atom stereocenters. The summed E-state index contributed by atoms with van der Waals surface area (Å²) in [5, 5.41) is 6.44. The molecule has 0 saturated carbocycles. The standard InChI is InChI=1S/C51H30N4O2/c1-4-13-31(14-5-1)34-24-26-40-39(29-34)47-41(27-28-44-48(47)37-19-10-11-21-42(37)56-44)55(40)51-53-49(33-17-8-3-9-18-33)52-50(54-51)35-23-25-38-45(30-35)57-43-22-12-20-36(46(38)43)32-15-6-2-7-16-32/h1-30H. The first-order valence-corrected chi connectivity index (χ1v) is 19.0. The number of furan rings is 2. The van der Waals surface area contributed by atoms with Crippen LogP contribution in [0, 0.1) is 0 Å². The molecule has 0 spiro atoms. The van der Waals surface area contributed by atoms with Crippen molar-refractivity contribution >= 4 is 65.7 Å². The number of hydrogen-bond acceptors (Lipinski definition) is 5. The summed E-state index contributed by atoms with van der Waals surface area (Å²) < 4.78 is 15.1. The maximum atomic E-state index is 6.54. The van der Waals surface area contributed by atoms with Gasteiger partial charge in [0.1, 0.15) is 22.3 Å². The van der Waals surface area contributed by atoms with Crippen molar-refractivity contribution < 1.29 is 8.83 Å². The maximum absolute atomic E-state index is 6.54. The molecule has 0 aliphatic carbocycles. The van der Waals surface area contributed by atoms with Gasteiger partial charge in [0.2, 0.25) is 5.95 Å². The first-order chi connectivity index (χ1) is 28.2. The lowest BCUT2D eigenvalue weighted by Gasteiger charge is -2.11. The third-order valence-corrected chi connectivity index (χ3v) is 11.1. The van der Waals surface area contributed by atoms with Gasteiger partial charge in [-0.1, -0.05) is 133 Å². The summed E-state index contributed by atoms with van der Waals surface area (Å²) in [5.74, 6) is 1.65. The summed E-state index contributed by atoms with van der Waals surface area (Å²) in [7, 11) is 0. The SMILES string of the molecule is c1ccc(-c2ccc3c(c2)c2c4c(ccc2n3-c2nc(-c3ccccc3)nc(-c3ccc5c(c3)oc3cccc(-c6ccccc6)c35)n2)oc2ccccc24)cc1. The molecule has 57 heavy (non-hydrogen) atoms. The van der Waals surface area contributed by atoms with E-state index in [9.17, 15) is 0 Å². The van der Waals surface area contributed by atoms with E-state index in [1.54, 1.807) is 0 Å². The molecule has 0 bridgehead atoms. The van der Waals surface area contributed by atoms with E-state index in [4.69, 9.17) is 23.8 Å². The van der Waals surface area contributed by atoms with Crippen molar-refractivity contribution in [3.05, 3.63) is 182 Å². The van der Waals surface area contributed by atoms with E-state index in [1.807, 2.05) is 66.7 Å². The topological polar surface area (TPSA) is 69.9 Å². The molecule has 0 amide bonds. The predicted octanol–water partition coefficient (Wildman–Crippen LogP) is 13.4. The monoisotopic (exact) mass is 730 g/mol. The fraction of sp³-hybridized carbons (Fsp3) is 0. The molecule has 4 heterocycles. The molecule has 12 rings (SSSR count). The highest BCUT2D eigenvalue weighted by molar-refractivity contribution is 6.27. The van der Waals surface area contributed by atoms with Gasteiger partial charge < -0.3 is 8.83 Å². The van der Waals surface area contributed by atoms with Gasteiger partial charge in [-0.15, -0.1) is 0 Å². The largest absolute Gasteiger partial charge is 0.456 e. The second-order valence-corrected chi connectivity index (χ2v) is 14.4. The van der Waals surface area contributed by atoms with Crippen LogP contribution in [0.2, 0.25) is 0 Å². The van der Waals surface area contributed by atoms with Gasteiger partial charge in [0.25, 0.3) is 0 Å². The molecule has 12 aromatic rings. The Hall–Kier alpha value is -7.83. The average molecular weight is 731 g/mol. The van der Waals surface area contributed by atoms with Crippen LogP contribution in [0.3, 0.4) is 0 Å². The van der Waals surface area contributed by atoms with Crippen LogP contribution in [0.5, 0.6) is 0 Å². The van der Waals surface area contributed by atoms with Gasteiger partial charge in [-0.05, 0) is 70.8 Å². The zero-order valence-electron chi connectivity index (χ0n) is 30.4. The van der Waals surface area contributed by atoms with Crippen molar-refractivity contribution in [1.82, 2.24) is 19.5 Å². The zero-order chi connectivity index (χ0) is 37.5. The Balaban J connectivity index is 1.12. The van der Waals surface area contributed by atoms with Gasteiger partial charge in [-0.3, -0.25) is 4.57 Å². The van der Waals surface area contributed by atoms with Crippen LogP contribution in [0.15, 0.2) is 191 Å². The van der Waals surface area contributed by atoms with E-state index in [0.29, 0.717) is 17.6 Å². The smallest absolute Gasteiger partial charge is 0.238 e. The first-order valence-electron chi connectivity index (χ1n) is 19.0. The van der Waals surface area contributed by atoms with Gasteiger partial charge >= 0.3 is 0 Å². The Kier molecular flexibility index (Phi) is 6.83. The minimum absolute atomic E-state index is 0.523. The Morgan fingerprint density at radius 2 is 0.947 bits per heavy atom. The minimum Gasteiger partial charge on any atom is -0.456 e. The molecule has 0 fully saturated rings. The summed E-state index contributed by atoms with van der Waals surface area (Å²) in [6.45, 7) is 0. The number of aromatic nitrogens is 4. The van der Waals surface area contributed by atoms with Crippen molar-refractivity contribution in [3.8, 4) is 51.0 Å². The number of benzene rings is 8. The fourth-order valence-electron chi connectivity index (χ4n) is 8.48. The minimum atomic E-state index is 0.523. The fourth-order valence-corrected chi connectivity index (χ4v) is 8.48. The van der Waals surface area contributed by atoms with Crippen LogP contribution < -0.4 is 0 Å². The number of nitrogens with zero attached hydrogens (tertiary/aromatic N) is 4. The number of fused-ring (bicyclic) bond motifs is 10. The Labute approximate surface area is 325 Å². The lowest BCUT2D eigenvalue weighted by Crippen LogP contribution is -2.06. The first kappa shape index (κ1) is 31.5. The molecule has 6 nitrogen and oxygen atoms in total. The molecular weight excluding hydrogens is 701 g/mol. The van der Waals surface area contributed by atoms with Gasteiger partial charge in [-0.25, -0.2) is 4.98 Å². The van der Waals surface area contributed by atoms with Crippen LogP contribution in [0.4, 0.5) is 0 Å². The Morgan fingerprint density at radius 1 is 0.333 bits per heavy atom. The van der Waals surface area contributed by atoms with E-state index in [2.05, 4.69) is 120 Å². The summed E-state index contributed by atoms with van der Waals surface area (Å²) in [4.78, 5) is 15.6. The molecular formula is C51H30N4O2. The van der Waals surface area contributed by atoms with E-state index in [0.717, 1.165) is 99.1 Å². The van der Waals surface area contributed by atoms with Crippen molar-refractivity contribution in [2.75, 3.05) is 0 Å². The van der Waals surface area contributed by atoms with Crippen molar-refractivity contribution in [2.24, 2.45) is 0 Å².